The van der Waals surface area contributed by atoms with Crippen molar-refractivity contribution in [1.82, 2.24) is 0 Å². The summed E-state index contributed by atoms with van der Waals surface area (Å²) in [6.07, 6.45) is 3.69. The van der Waals surface area contributed by atoms with E-state index >= 15 is 0 Å². The van der Waals surface area contributed by atoms with Crippen LogP contribution >= 0.6 is 11.8 Å². The smallest absolute Gasteiger partial charge is 0.345 e. The lowest BCUT2D eigenvalue weighted by Crippen LogP contribution is -2.29. The van der Waals surface area contributed by atoms with Crippen LogP contribution in [0.4, 0.5) is 0 Å². The Kier molecular flexibility index (Phi) is 4.68. The van der Waals surface area contributed by atoms with E-state index in [1.165, 1.54) is 6.26 Å². The minimum Gasteiger partial charge on any atom is -0.461 e. The molecule has 5 nitrogen and oxygen atoms in total. The Balaban J connectivity index is 1.83. The maximum atomic E-state index is 12.7. The van der Waals surface area contributed by atoms with E-state index in [0.717, 1.165) is 10.5 Å². The summed E-state index contributed by atoms with van der Waals surface area (Å²) in [7, 11) is 0. The van der Waals surface area contributed by atoms with Crippen LogP contribution < -0.4 is 0 Å². The molecular formula is C21H18O5S. The zero-order valence-electron chi connectivity index (χ0n) is 14.7. The van der Waals surface area contributed by atoms with Crippen LogP contribution in [0, 0.1) is 0 Å². The summed E-state index contributed by atoms with van der Waals surface area (Å²) in [5.74, 6) is -2.21. The lowest BCUT2D eigenvalue weighted by atomic mass is 9.90. The van der Waals surface area contributed by atoms with Crippen LogP contribution in [0.3, 0.4) is 0 Å². The van der Waals surface area contributed by atoms with E-state index in [2.05, 4.69) is 0 Å². The van der Waals surface area contributed by atoms with Gasteiger partial charge in [-0.2, -0.15) is 0 Å². The average Bonchev–Trinajstić information content (AvgIpc) is 3.30. The SMILES string of the molecule is CSc1ccc(C2(O)OC(=O)C(C3=COCO3)=C2Cc2ccccc2)cc1. The first-order valence-corrected chi connectivity index (χ1v) is 9.67. The minimum atomic E-state index is -1.86. The van der Waals surface area contributed by atoms with Gasteiger partial charge in [-0.15, -0.1) is 11.8 Å². The largest absolute Gasteiger partial charge is 0.461 e. The molecule has 0 fully saturated rings. The number of hydrogen-bond donors (Lipinski definition) is 1. The van der Waals surface area contributed by atoms with Crippen LogP contribution in [0.5, 0.6) is 0 Å². The van der Waals surface area contributed by atoms with E-state index in [1.54, 1.807) is 23.9 Å². The molecule has 2 heterocycles. The maximum absolute atomic E-state index is 12.7. The zero-order valence-corrected chi connectivity index (χ0v) is 15.5. The van der Waals surface area contributed by atoms with Crippen LogP contribution in [0.1, 0.15) is 11.1 Å². The van der Waals surface area contributed by atoms with Crippen LogP contribution in [-0.4, -0.2) is 24.1 Å². The first-order valence-electron chi connectivity index (χ1n) is 8.44. The van der Waals surface area contributed by atoms with Crippen molar-refractivity contribution >= 4 is 17.7 Å². The van der Waals surface area contributed by atoms with E-state index in [-0.39, 0.29) is 18.1 Å². The van der Waals surface area contributed by atoms with Gasteiger partial charge < -0.3 is 19.3 Å². The molecule has 4 rings (SSSR count). The lowest BCUT2D eigenvalue weighted by molar-refractivity contribution is -0.186. The van der Waals surface area contributed by atoms with Gasteiger partial charge in [0.05, 0.1) is 0 Å². The van der Waals surface area contributed by atoms with Gasteiger partial charge in [0.2, 0.25) is 6.79 Å². The van der Waals surface area contributed by atoms with E-state index in [9.17, 15) is 9.90 Å². The van der Waals surface area contributed by atoms with Crippen molar-refractivity contribution in [3.8, 4) is 0 Å². The number of carbonyl (C=O) groups is 1. The number of benzene rings is 2. The van der Waals surface area contributed by atoms with Gasteiger partial charge in [-0.05, 0) is 24.0 Å². The first-order chi connectivity index (χ1) is 13.1. The van der Waals surface area contributed by atoms with Crippen LogP contribution in [-0.2, 0) is 31.2 Å². The van der Waals surface area contributed by atoms with E-state index in [1.807, 2.05) is 48.7 Å². The second kappa shape index (κ2) is 7.13. The summed E-state index contributed by atoms with van der Waals surface area (Å²) < 4.78 is 16.0. The first kappa shape index (κ1) is 17.7. The Morgan fingerprint density at radius 2 is 1.85 bits per heavy atom. The number of ether oxygens (including phenoxy) is 3. The molecule has 6 heteroatoms. The molecule has 0 radical (unpaired) electrons. The molecule has 0 amide bonds. The van der Waals surface area contributed by atoms with E-state index in [0.29, 0.717) is 17.6 Å². The molecule has 2 aromatic rings. The molecule has 27 heavy (non-hydrogen) atoms. The van der Waals surface area contributed by atoms with Gasteiger partial charge in [-0.25, -0.2) is 4.79 Å². The number of hydrogen-bond acceptors (Lipinski definition) is 6. The molecule has 0 aliphatic carbocycles. The standard InChI is InChI=1S/C21H18O5S/c1-27-16-9-7-15(8-10-16)21(23)17(11-14-5-3-2-4-6-14)19(20(22)26-21)18-12-24-13-25-18/h2-10,12,23H,11,13H2,1H3. The molecule has 1 unspecified atom stereocenters. The summed E-state index contributed by atoms with van der Waals surface area (Å²) in [4.78, 5) is 13.7. The molecule has 0 bridgehead atoms. The topological polar surface area (TPSA) is 65.0 Å². The van der Waals surface area contributed by atoms with Crippen LogP contribution in [0.2, 0.25) is 0 Å². The third-order valence-electron chi connectivity index (χ3n) is 4.58. The molecular weight excluding hydrogens is 364 g/mol. The second-order valence-electron chi connectivity index (χ2n) is 6.19. The van der Waals surface area contributed by atoms with Crippen molar-refractivity contribution in [2.45, 2.75) is 17.1 Å². The van der Waals surface area contributed by atoms with Gasteiger partial charge in [0.15, 0.2) is 5.76 Å². The van der Waals surface area contributed by atoms with Crippen molar-refractivity contribution in [3.63, 3.8) is 0 Å². The number of carbonyl (C=O) groups excluding carboxylic acids is 1. The molecule has 0 saturated heterocycles. The van der Waals surface area contributed by atoms with Crippen molar-refractivity contribution in [2.24, 2.45) is 0 Å². The highest BCUT2D eigenvalue weighted by Crippen LogP contribution is 2.44. The molecule has 138 valence electrons. The Morgan fingerprint density at radius 3 is 2.48 bits per heavy atom. The minimum absolute atomic E-state index is 0.0333. The Morgan fingerprint density at radius 1 is 1.11 bits per heavy atom. The fourth-order valence-corrected chi connectivity index (χ4v) is 3.63. The number of esters is 1. The highest BCUT2D eigenvalue weighted by atomic mass is 32.2. The van der Waals surface area contributed by atoms with Crippen molar-refractivity contribution in [2.75, 3.05) is 13.0 Å². The second-order valence-corrected chi connectivity index (χ2v) is 7.07. The van der Waals surface area contributed by atoms with Gasteiger partial charge in [-0.1, -0.05) is 42.5 Å². The van der Waals surface area contributed by atoms with Crippen LogP contribution in [0.25, 0.3) is 0 Å². The number of rotatable bonds is 5. The highest BCUT2D eigenvalue weighted by molar-refractivity contribution is 7.98. The summed E-state index contributed by atoms with van der Waals surface area (Å²) in [6.45, 7) is 0.0333. The van der Waals surface area contributed by atoms with Crippen molar-refractivity contribution in [3.05, 3.63) is 88.9 Å². The number of aliphatic hydroxyl groups is 1. The molecule has 1 atom stereocenters. The molecule has 2 aliphatic rings. The maximum Gasteiger partial charge on any atom is 0.345 e. The summed E-state index contributed by atoms with van der Waals surface area (Å²) in [5, 5.41) is 11.4. The van der Waals surface area contributed by atoms with Gasteiger partial charge in [0.25, 0.3) is 5.79 Å². The van der Waals surface area contributed by atoms with Crippen molar-refractivity contribution in [1.29, 1.82) is 0 Å². The normalized spacial score (nSPS) is 21.6. The zero-order chi connectivity index (χ0) is 18.9. The van der Waals surface area contributed by atoms with Gasteiger partial charge in [-0.3, -0.25) is 0 Å². The summed E-state index contributed by atoms with van der Waals surface area (Å²) in [6, 6.07) is 16.9. The Bertz CT molecular complexity index is 917. The van der Waals surface area contributed by atoms with E-state index in [4.69, 9.17) is 14.2 Å². The Labute approximate surface area is 161 Å². The van der Waals surface area contributed by atoms with Gasteiger partial charge in [0, 0.05) is 22.5 Å². The average molecular weight is 382 g/mol. The molecule has 0 spiro atoms. The third kappa shape index (κ3) is 3.22. The molecule has 2 aliphatic heterocycles. The van der Waals surface area contributed by atoms with Gasteiger partial charge >= 0.3 is 5.97 Å². The van der Waals surface area contributed by atoms with Gasteiger partial charge in [0.1, 0.15) is 11.8 Å². The monoisotopic (exact) mass is 382 g/mol. The lowest BCUT2D eigenvalue weighted by Gasteiger charge is -2.25. The highest BCUT2D eigenvalue weighted by Gasteiger charge is 2.49. The Hall–Kier alpha value is -2.70. The predicted octanol–water partition coefficient (Wildman–Crippen LogP) is 3.50. The summed E-state index contributed by atoms with van der Waals surface area (Å²) >= 11 is 1.60. The third-order valence-corrected chi connectivity index (χ3v) is 5.32. The van der Waals surface area contributed by atoms with Crippen molar-refractivity contribution < 1.29 is 24.1 Å². The molecule has 2 aromatic carbocycles. The fraction of sp³-hybridized carbons (Fsp3) is 0.190. The number of cyclic esters (lactones) is 1. The molecule has 0 aromatic heterocycles. The quantitative estimate of drug-likeness (QED) is 0.631. The van der Waals surface area contributed by atoms with E-state index < -0.39 is 11.8 Å². The molecule has 0 saturated carbocycles. The summed E-state index contributed by atoms with van der Waals surface area (Å²) in [5.41, 5.74) is 2.09. The predicted molar refractivity (Wildman–Crippen MR) is 101 cm³/mol. The molecule has 1 N–H and O–H groups in total. The van der Waals surface area contributed by atoms with Crippen LogP contribution in [0.15, 0.2) is 82.7 Å². The fourth-order valence-electron chi connectivity index (χ4n) is 3.22. The number of thioether (sulfide) groups is 1.